The summed E-state index contributed by atoms with van der Waals surface area (Å²) in [6.07, 6.45) is 4.66. The van der Waals surface area contributed by atoms with E-state index in [1.165, 1.54) is 18.4 Å². The Morgan fingerprint density at radius 3 is 2.63 bits per heavy atom. The van der Waals surface area contributed by atoms with Gasteiger partial charge in [-0.2, -0.15) is 0 Å². The number of nitrogens with one attached hydrogen (secondary N) is 2. The predicted molar refractivity (Wildman–Crippen MR) is 128 cm³/mol. The molecule has 4 nitrogen and oxygen atoms in total. The van der Waals surface area contributed by atoms with Gasteiger partial charge in [0.25, 0.3) is 5.56 Å². The summed E-state index contributed by atoms with van der Waals surface area (Å²) in [6, 6.07) is 19.0. The molecular formula is C25H29N3OS. The van der Waals surface area contributed by atoms with Gasteiger partial charge in [0.15, 0.2) is 5.11 Å². The Hall–Kier alpha value is -2.66. The van der Waals surface area contributed by atoms with Crippen LogP contribution in [-0.4, -0.2) is 21.0 Å². The molecule has 3 aromatic rings. The first-order valence-corrected chi connectivity index (χ1v) is 11.2. The van der Waals surface area contributed by atoms with Gasteiger partial charge in [-0.15, -0.1) is 0 Å². The van der Waals surface area contributed by atoms with Crippen molar-refractivity contribution in [3.63, 3.8) is 0 Å². The van der Waals surface area contributed by atoms with Gasteiger partial charge >= 0.3 is 0 Å². The van der Waals surface area contributed by atoms with Gasteiger partial charge < -0.3 is 15.2 Å². The molecule has 0 spiro atoms. The Balaban J connectivity index is 1.59. The van der Waals surface area contributed by atoms with Crippen LogP contribution in [-0.2, 0) is 6.54 Å². The molecular weight excluding hydrogens is 390 g/mol. The molecule has 1 aromatic heterocycles. The van der Waals surface area contributed by atoms with Crippen molar-refractivity contribution in [3.05, 3.63) is 81.6 Å². The molecule has 2 aromatic carbocycles. The van der Waals surface area contributed by atoms with Crippen molar-refractivity contribution in [2.75, 3.05) is 0 Å². The zero-order valence-electron chi connectivity index (χ0n) is 17.7. The molecule has 5 heteroatoms. The Kier molecular flexibility index (Phi) is 6.18. The highest BCUT2D eigenvalue weighted by molar-refractivity contribution is 7.80. The van der Waals surface area contributed by atoms with Crippen LogP contribution in [0.4, 0.5) is 0 Å². The second-order valence-electron chi connectivity index (χ2n) is 8.36. The molecule has 2 N–H and O–H groups in total. The molecule has 1 atom stereocenters. The number of rotatable bonds is 5. The molecule has 1 aliphatic carbocycles. The number of hydrogen-bond acceptors (Lipinski definition) is 2. The number of aromatic amines is 1. The number of hydrogen-bond donors (Lipinski definition) is 2. The largest absolute Gasteiger partial charge is 0.356 e. The molecule has 1 saturated carbocycles. The highest BCUT2D eigenvalue weighted by atomic mass is 32.1. The normalized spacial score (nSPS) is 15.3. The molecule has 1 fully saturated rings. The van der Waals surface area contributed by atoms with Crippen LogP contribution in [0.3, 0.4) is 0 Å². The summed E-state index contributed by atoms with van der Waals surface area (Å²) < 4.78 is 0. The summed E-state index contributed by atoms with van der Waals surface area (Å²) in [5, 5.41) is 5.28. The number of pyridine rings is 1. The summed E-state index contributed by atoms with van der Waals surface area (Å²) in [4.78, 5) is 18.1. The summed E-state index contributed by atoms with van der Waals surface area (Å²) >= 11 is 5.85. The van der Waals surface area contributed by atoms with Crippen LogP contribution < -0.4 is 10.9 Å². The average molecular weight is 420 g/mol. The van der Waals surface area contributed by atoms with Crippen molar-refractivity contribution in [2.45, 2.75) is 58.2 Å². The molecule has 156 valence electrons. The zero-order valence-corrected chi connectivity index (χ0v) is 18.5. The molecule has 4 rings (SSSR count). The third-order valence-corrected chi connectivity index (χ3v) is 6.44. The van der Waals surface area contributed by atoms with E-state index in [-0.39, 0.29) is 11.6 Å². The van der Waals surface area contributed by atoms with E-state index >= 15 is 0 Å². The lowest BCUT2D eigenvalue weighted by atomic mass is 10.1. The van der Waals surface area contributed by atoms with Crippen molar-refractivity contribution in [1.82, 2.24) is 15.2 Å². The standard InChI is InChI=1S/C25H29N3OS/c1-17-12-13-20-15-21(24(29)27-23(20)14-17)16-28(22-10-6-7-11-22)25(30)26-18(2)19-8-4-3-5-9-19/h3-5,8-9,12-15,18,22H,6-7,10-11,16H2,1-2H3,(H,26,30)(H,27,29). The molecule has 1 aliphatic rings. The minimum atomic E-state index is -0.0324. The van der Waals surface area contributed by atoms with Crippen LogP contribution in [0.2, 0.25) is 0 Å². The second-order valence-corrected chi connectivity index (χ2v) is 8.75. The van der Waals surface area contributed by atoms with Crippen LogP contribution >= 0.6 is 12.2 Å². The monoisotopic (exact) mass is 419 g/mol. The maximum Gasteiger partial charge on any atom is 0.253 e. The van der Waals surface area contributed by atoms with E-state index < -0.39 is 0 Å². The first kappa shape index (κ1) is 20.6. The van der Waals surface area contributed by atoms with E-state index in [0.717, 1.165) is 40.0 Å². The Morgan fingerprint density at radius 1 is 1.17 bits per heavy atom. The maximum atomic E-state index is 12.8. The molecule has 0 aliphatic heterocycles. The summed E-state index contributed by atoms with van der Waals surface area (Å²) in [5.74, 6) is 0. The highest BCUT2D eigenvalue weighted by Crippen LogP contribution is 2.26. The quantitative estimate of drug-likeness (QED) is 0.557. The zero-order chi connectivity index (χ0) is 21.1. The van der Waals surface area contributed by atoms with Gasteiger partial charge in [0.1, 0.15) is 0 Å². The molecule has 0 radical (unpaired) electrons. The number of thiocarbonyl (C=S) groups is 1. The highest BCUT2D eigenvalue weighted by Gasteiger charge is 2.26. The SMILES string of the molecule is Cc1ccc2cc(CN(C(=S)NC(C)c3ccccc3)C3CCCC3)c(=O)[nH]c2c1. The Bertz CT molecular complexity index is 1090. The van der Waals surface area contributed by atoms with Crippen LogP contribution in [0.25, 0.3) is 10.9 Å². The van der Waals surface area contributed by atoms with Crippen molar-refractivity contribution in [3.8, 4) is 0 Å². The fraction of sp³-hybridized carbons (Fsp3) is 0.360. The number of benzene rings is 2. The van der Waals surface area contributed by atoms with Gasteiger partial charge in [-0.05, 0) is 67.6 Å². The minimum Gasteiger partial charge on any atom is -0.356 e. The van der Waals surface area contributed by atoms with Crippen LogP contribution in [0.1, 0.15) is 55.3 Å². The first-order valence-electron chi connectivity index (χ1n) is 10.8. The number of aromatic nitrogens is 1. The maximum absolute atomic E-state index is 12.8. The molecule has 0 amide bonds. The molecule has 30 heavy (non-hydrogen) atoms. The van der Waals surface area contributed by atoms with Crippen molar-refractivity contribution in [1.29, 1.82) is 0 Å². The third-order valence-electron chi connectivity index (χ3n) is 6.08. The van der Waals surface area contributed by atoms with Crippen LogP contribution in [0.5, 0.6) is 0 Å². The predicted octanol–water partition coefficient (Wildman–Crippen LogP) is 5.22. The van der Waals surface area contributed by atoms with Crippen LogP contribution in [0, 0.1) is 6.92 Å². The first-order chi connectivity index (χ1) is 14.5. The lowest BCUT2D eigenvalue weighted by Crippen LogP contribution is -2.46. The van der Waals surface area contributed by atoms with E-state index in [4.69, 9.17) is 12.2 Å². The fourth-order valence-corrected chi connectivity index (χ4v) is 4.73. The third kappa shape index (κ3) is 4.57. The lowest BCUT2D eigenvalue weighted by Gasteiger charge is -2.33. The van der Waals surface area contributed by atoms with Gasteiger partial charge in [0.2, 0.25) is 0 Å². The van der Waals surface area contributed by atoms with E-state index in [9.17, 15) is 4.79 Å². The summed E-state index contributed by atoms with van der Waals surface area (Å²) in [6.45, 7) is 4.68. The topological polar surface area (TPSA) is 48.1 Å². The fourth-order valence-electron chi connectivity index (χ4n) is 4.34. The van der Waals surface area contributed by atoms with E-state index in [2.05, 4.69) is 46.4 Å². The van der Waals surface area contributed by atoms with Gasteiger partial charge in [0.05, 0.1) is 12.6 Å². The number of H-pyrrole nitrogens is 1. The molecule has 0 saturated heterocycles. The van der Waals surface area contributed by atoms with Crippen molar-refractivity contribution >= 4 is 28.2 Å². The van der Waals surface area contributed by atoms with Crippen LogP contribution in [0.15, 0.2) is 59.4 Å². The summed E-state index contributed by atoms with van der Waals surface area (Å²) in [7, 11) is 0. The number of aryl methyl sites for hydroxylation is 1. The van der Waals surface area contributed by atoms with Gasteiger partial charge in [-0.25, -0.2) is 0 Å². The Morgan fingerprint density at radius 2 is 1.90 bits per heavy atom. The van der Waals surface area contributed by atoms with Crippen molar-refractivity contribution in [2.24, 2.45) is 0 Å². The number of nitrogens with zero attached hydrogens (tertiary/aromatic N) is 1. The smallest absolute Gasteiger partial charge is 0.253 e. The second kappa shape index (κ2) is 9.00. The lowest BCUT2D eigenvalue weighted by molar-refractivity contribution is 0.300. The Labute approximate surface area is 183 Å². The van der Waals surface area contributed by atoms with Gasteiger partial charge in [0, 0.05) is 17.1 Å². The molecule has 0 bridgehead atoms. The molecule has 1 unspecified atom stereocenters. The number of fused-ring (bicyclic) bond motifs is 1. The average Bonchev–Trinajstić information content (AvgIpc) is 3.27. The van der Waals surface area contributed by atoms with E-state index in [1.807, 2.05) is 37.3 Å². The van der Waals surface area contributed by atoms with Crippen molar-refractivity contribution < 1.29 is 0 Å². The van der Waals surface area contributed by atoms with E-state index in [1.54, 1.807) is 0 Å². The van der Waals surface area contributed by atoms with Gasteiger partial charge in [-0.3, -0.25) is 4.79 Å². The summed E-state index contributed by atoms with van der Waals surface area (Å²) in [5.41, 5.74) is 3.95. The van der Waals surface area contributed by atoms with E-state index in [0.29, 0.717) is 12.6 Å². The van der Waals surface area contributed by atoms with Gasteiger partial charge in [-0.1, -0.05) is 55.3 Å². The molecule has 1 heterocycles. The minimum absolute atomic E-state index is 0.0324.